The number of halogens is 1. The molecule has 0 saturated carbocycles. The summed E-state index contributed by atoms with van der Waals surface area (Å²) >= 11 is 5.86. The Morgan fingerprint density at radius 2 is 2.21 bits per heavy atom. The highest BCUT2D eigenvalue weighted by Gasteiger charge is 2.05. The van der Waals surface area contributed by atoms with Crippen molar-refractivity contribution in [3.63, 3.8) is 0 Å². The van der Waals surface area contributed by atoms with Gasteiger partial charge < -0.3 is 15.1 Å². The summed E-state index contributed by atoms with van der Waals surface area (Å²) in [6.45, 7) is 2.65. The fourth-order valence-electron chi connectivity index (χ4n) is 1.67. The summed E-state index contributed by atoms with van der Waals surface area (Å²) < 4.78 is 5.16. The first kappa shape index (κ1) is 13.6. The van der Waals surface area contributed by atoms with Crippen LogP contribution in [0.2, 0.25) is 5.02 Å². The third kappa shape index (κ3) is 4.12. The molecule has 1 amide bonds. The maximum atomic E-state index is 11.7. The highest BCUT2D eigenvalue weighted by Crippen LogP contribution is 2.19. The van der Waals surface area contributed by atoms with Gasteiger partial charge in [-0.25, -0.2) is 0 Å². The third-order valence-corrected chi connectivity index (χ3v) is 2.86. The molecule has 4 nitrogen and oxygen atoms in total. The number of hydrogen-bond acceptors (Lipinski definition) is 3. The number of benzene rings is 1. The van der Waals surface area contributed by atoms with E-state index >= 15 is 0 Å². The number of furan rings is 1. The van der Waals surface area contributed by atoms with Crippen LogP contribution in [0.15, 0.2) is 41.0 Å². The van der Waals surface area contributed by atoms with Crippen LogP contribution in [0.25, 0.3) is 0 Å². The van der Waals surface area contributed by atoms with Crippen molar-refractivity contribution >= 4 is 23.2 Å². The van der Waals surface area contributed by atoms with Crippen molar-refractivity contribution in [3.05, 3.63) is 52.9 Å². The first-order valence-corrected chi connectivity index (χ1v) is 6.32. The van der Waals surface area contributed by atoms with Crippen molar-refractivity contribution in [2.24, 2.45) is 0 Å². The summed E-state index contributed by atoms with van der Waals surface area (Å²) in [5, 5.41) is 6.49. The molecule has 19 heavy (non-hydrogen) atoms. The van der Waals surface area contributed by atoms with Gasteiger partial charge in [0.25, 0.3) is 0 Å². The molecule has 0 aliphatic heterocycles. The van der Waals surface area contributed by atoms with Gasteiger partial charge in [-0.05, 0) is 42.8 Å². The van der Waals surface area contributed by atoms with Crippen molar-refractivity contribution < 1.29 is 9.21 Å². The lowest BCUT2D eigenvalue weighted by Gasteiger charge is -2.09. The average Bonchev–Trinajstić information content (AvgIpc) is 2.86. The van der Waals surface area contributed by atoms with Crippen LogP contribution in [-0.4, -0.2) is 12.5 Å². The minimum absolute atomic E-state index is 0.100. The van der Waals surface area contributed by atoms with E-state index in [1.807, 2.05) is 25.1 Å². The van der Waals surface area contributed by atoms with Crippen LogP contribution in [0.3, 0.4) is 0 Å². The van der Waals surface area contributed by atoms with Crippen LogP contribution in [0, 0.1) is 6.92 Å². The van der Waals surface area contributed by atoms with Crippen molar-refractivity contribution in [1.29, 1.82) is 0 Å². The highest BCUT2D eigenvalue weighted by molar-refractivity contribution is 6.30. The predicted molar refractivity (Wildman–Crippen MR) is 75.2 cm³/mol. The smallest absolute Gasteiger partial charge is 0.238 e. The Kier molecular flexibility index (Phi) is 4.60. The van der Waals surface area contributed by atoms with E-state index in [1.54, 1.807) is 18.4 Å². The van der Waals surface area contributed by atoms with Crippen molar-refractivity contribution in [3.8, 4) is 0 Å². The molecule has 0 spiro atoms. The van der Waals surface area contributed by atoms with Gasteiger partial charge in [0.05, 0.1) is 19.4 Å². The van der Waals surface area contributed by atoms with Gasteiger partial charge >= 0.3 is 0 Å². The van der Waals surface area contributed by atoms with E-state index in [-0.39, 0.29) is 12.5 Å². The van der Waals surface area contributed by atoms with Gasteiger partial charge in [-0.1, -0.05) is 11.6 Å². The Balaban J connectivity index is 1.80. The quantitative estimate of drug-likeness (QED) is 0.884. The maximum Gasteiger partial charge on any atom is 0.238 e. The van der Waals surface area contributed by atoms with E-state index in [1.165, 1.54) is 0 Å². The first-order chi connectivity index (χ1) is 9.15. The molecule has 0 aliphatic rings. The minimum Gasteiger partial charge on any atom is -0.468 e. The number of amides is 1. The molecule has 0 saturated heterocycles. The fourth-order valence-corrected chi connectivity index (χ4v) is 1.90. The SMILES string of the molecule is Cc1cc(Cl)ccc1NC(=O)CNCc1ccco1. The zero-order chi connectivity index (χ0) is 13.7. The summed E-state index contributed by atoms with van der Waals surface area (Å²) in [4.78, 5) is 11.7. The lowest BCUT2D eigenvalue weighted by atomic mass is 10.2. The second-order valence-corrected chi connectivity index (χ2v) is 4.63. The van der Waals surface area contributed by atoms with Crippen molar-refractivity contribution in [1.82, 2.24) is 5.32 Å². The maximum absolute atomic E-state index is 11.7. The molecule has 0 aliphatic carbocycles. The van der Waals surface area contributed by atoms with Gasteiger partial charge in [-0.2, -0.15) is 0 Å². The standard InChI is InChI=1S/C14H15ClN2O2/c1-10-7-11(15)4-5-13(10)17-14(18)9-16-8-12-3-2-6-19-12/h2-7,16H,8-9H2,1H3,(H,17,18). The molecule has 2 N–H and O–H groups in total. The third-order valence-electron chi connectivity index (χ3n) is 2.63. The molecule has 100 valence electrons. The Morgan fingerprint density at radius 3 is 2.89 bits per heavy atom. The number of hydrogen-bond donors (Lipinski definition) is 2. The summed E-state index contributed by atoms with van der Waals surface area (Å²) in [5.74, 6) is 0.701. The van der Waals surface area contributed by atoms with Crippen molar-refractivity contribution in [2.75, 3.05) is 11.9 Å². The zero-order valence-electron chi connectivity index (χ0n) is 10.6. The molecule has 1 heterocycles. The van der Waals surface area contributed by atoms with Gasteiger partial charge in [0, 0.05) is 10.7 Å². The molecule has 0 bridgehead atoms. The van der Waals surface area contributed by atoms with E-state index in [2.05, 4.69) is 10.6 Å². The van der Waals surface area contributed by atoms with E-state index in [0.717, 1.165) is 17.0 Å². The number of carbonyl (C=O) groups excluding carboxylic acids is 1. The van der Waals surface area contributed by atoms with E-state index in [4.69, 9.17) is 16.0 Å². The minimum atomic E-state index is -0.100. The Hall–Kier alpha value is -1.78. The van der Waals surface area contributed by atoms with Crippen LogP contribution < -0.4 is 10.6 Å². The van der Waals surface area contributed by atoms with Crippen LogP contribution in [0.4, 0.5) is 5.69 Å². The summed E-state index contributed by atoms with van der Waals surface area (Å²) in [5.41, 5.74) is 1.71. The molecule has 0 atom stereocenters. The molecular formula is C14H15ClN2O2. The van der Waals surface area contributed by atoms with Crippen LogP contribution in [0.1, 0.15) is 11.3 Å². The van der Waals surface area contributed by atoms with Gasteiger partial charge in [-0.3, -0.25) is 4.79 Å². The summed E-state index contributed by atoms with van der Waals surface area (Å²) in [6.07, 6.45) is 1.61. The molecule has 1 aromatic heterocycles. The number of aryl methyl sites for hydroxylation is 1. The van der Waals surface area contributed by atoms with Crippen molar-refractivity contribution in [2.45, 2.75) is 13.5 Å². The Morgan fingerprint density at radius 1 is 1.37 bits per heavy atom. The van der Waals surface area contributed by atoms with Crippen LogP contribution in [0.5, 0.6) is 0 Å². The van der Waals surface area contributed by atoms with E-state index in [0.29, 0.717) is 11.6 Å². The Bertz CT molecular complexity index is 553. The topological polar surface area (TPSA) is 54.3 Å². The Labute approximate surface area is 116 Å². The average molecular weight is 279 g/mol. The summed E-state index contributed by atoms with van der Waals surface area (Å²) in [6, 6.07) is 9.03. The molecule has 0 fully saturated rings. The van der Waals surface area contributed by atoms with Gasteiger partial charge in [0.15, 0.2) is 0 Å². The highest BCUT2D eigenvalue weighted by atomic mass is 35.5. The van der Waals surface area contributed by atoms with Gasteiger partial charge in [0.2, 0.25) is 5.91 Å². The largest absolute Gasteiger partial charge is 0.468 e. The predicted octanol–water partition coefficient (Wildman–Crippen LogP) is 2.97. The second-order valence-electron chi connectivity index (χ2n) is 4.19. The number of anilines is 1. The van der Waals surface area contributed by atoms with Crippen LogP contribution >= 0.6 is 11.6 Å². The normalized spacial score (nSPS) is 10.4. The molecule has 5 heteroatoms. The van der Waals surface area contributed by atoms with Gasteiger partial charge in [-0.15, -0.1) is 0 Å². The molecule has 2 rings (SSSR count). The lowest BCUT2D eigenvalue weighted by Crippen LogP contribution is -2.27. The van der Waals surface area contributed by atoms with Crippen LogP contribution in [-0.2, 0) is 11.3 Å². The fraction of sp³-hybridized carbons (Fsp3) is 0.214. The number of nitrogens with one attached hydrogen (secondary N) is 2. The molecule has 0 radical (unpaired) electrons. The zero-order valence-corrected chi connectivity index (χ0v) is 11.3. The summed E-state index contributed by atoms with van der Waals surface area (Å²) in [7, 11) is 0. The van der Waals surface area contributed by atoms with E-state index in [9.17, 15) is 4.79 Å². The molecule has 1 aromatic carbocycles. The lowest BCUT2D eigenvalue weighted by molar-refractivity contribution is -0.115. The monoisotopic (exact) mass is 278 g/mol. The van der Waals surface area contributed by atoms with Gasteiger partial charge in [0.1, 0.15) is 5.76 Å². The van der Waals surface area contributed by atoms with E-state index < -0.39 is 0 Å². The first-order valence-electron chi connectivity index (χ1n) is 5.94. The number of carbonyl (C=O) groups is 1. The molecular weight excluding hydrogens is 264 g/mol. The number of rotatable bonds is 5. The second kappa shape index (κ2) is 6.41. The molecule has 2 aromatic rings. The molecule has 0 unspecified atom stereocenters.